The van der Waals surface area contributed by atoms with E-state index in [-0.39, 0.29) is 22.6 Å². The van der Waals surface area contributed by atoms with Crippen LogP contribution in [0.5, 0.6) is 0 Å². The first-order valence-corrected chi connectivity index (χ1v) is 17.7. The summed E-state index contributed by atoms with van der Waals surface area (Å²) in [5.41, 5.74) is 2.80. The van der Waals surface area contributed by atoms with Crippen LogP contribution >= 0.6 is 0 Å². The normalized spacial score (nSPS) is 11.4. The van der Waals surface area contributed by atoms with E-state index < -0.39 is 21.8 Å². The maximum atomic E-state index is 12.9. The molecule has 5 aromatic rings. The van der Waals surface area contributed by atoms with Gasteiger partial charge < -0.3 is 25.2 Å². The van der Waals surface area contributed by atoms with E-state index in [1.165, 1.54) is 6.07 Å². The van der Waals surface area contributed by atoms with Gasteiger partial charge in [-0.1, -0.05) is 30.3 Å². The van der Waals surface area contributed by atoms with Gasteiger partial charge in [-0.3, -0.25) is 19.7 Å². The number of amides is 4. The van der Waals surface area contributed by atoms with Crippen LogP contribution in [0.15, 0.2) is 114 Å². The molecule has 4 amide bonds. The number of fused-ring (bicyclic) bond motifs is 1. The molecule has 4 N–H and O–H groups in total. The molecular formula is C39H37N4O8S-. The third-order valence-electron chi connectivity index (χ3n) is 7.75. The molecule has 268 valence electrons. The van der Waals surface area contributed by atoms with Crippen LogP contribution in [0.4, 0.5) is 21.9 Å². The fourth-order valence-corrected chi connectivity index (χ4v) is 6.00. The van der Waals surface area contributed by atoms with Crippen LogP contribution < -0.4 is 21.3 Å². The number of ether oxygens (including phenoxy) is 1. The Morgan fingerprint density at radius 2 is 1.08 bits per heavy atom. The fourth-order valence-electron chi connectivity index (χ4n) is 5.31. The van der Waals surface area contributed by atoms with Gasteiger partial charge in [0, 0.05) is 40.3 Å². The first kappa shape index (κ1) is 37.2. The topological polar surface area (TPSA) is 183 Å². The highest BCUT2D eigenvalue weighted by molar-refractivity contribution is 7.86. The lowest BCUT2D eigenvalue weighted by Crippen LogP contribution is -2.27. The quantitative estimate of drug-likeness (QED) is 0.0834. The number of carbonyl (C=O) groups is 4. The van der Waals surface area contributed by atoms with Crippen molar-refractivity contribution in [2.45, 2.75) is 44.1 Å². The smallest absolute Gasteiger partial charge is 0.412 e. The molecule has 0 saturated carbocycles. The Balaban J connectivity index is 1.07. The summed E-state index contributed by atoms with van der Waals surface area (Å²) in [5, 5.41) is 12.1. The van der Waals surface area contributed by atoms with Gasteiger partial charge in [0.25, 0.3) is 17.7 Å². The average Bonchev–Trinajstić information content (AvgIpc) is 3.09. The molecule has 0 atom stereocenters. The van der Waals surface area contributed by atoms with Crippen molar-refractivity contribution in [2.75, 3.05) is 22.5 Å². The molecule has 0 saturated heterocycles. The lowest BCUT2D eigenvalue weighted by molar-refractivity contribution is 0.0635. The molecule has 0 aromatic heterocycles. The van der Waals surface area contributed by atoms with Crippen LogP contribution in [-0.2, 0) is 21.3 Å². The van der Waals surface area contributed by atoms with Gasteiger partial charge >= 0.3 is 6.09 Å². The fraction of sp³-hybridized carbons (Fsp3) is 0.179. The third-order valence-corrected chi connectivity index (χ3v) is 8.65. The van der Waals surface area contributed by atoms with Crippen molar-refractivity contribution in [1.29, 1.82) is 0 Å². The molecule has 12 nitrogen and oxygen atoms in total. The van der Waals surface area contributed by atoms with Crippen molar-refractivity contribution in [1.82, 2.24) is 5.32 Å². The SMILES string of the molecule is CC(C)(C)OC(=O)Nc1ccc(C(=O)Nc2ccc(C(=O)Nc3ccc(C(=O)NCCCc4cccc5c(S(=O)(=O)[O-])cccc45)cc3)cc2)cc1. The number of rotatable bonds is 11. The highest BCUT2D eigenvalue weighted by Crippen LogP contribution is 2.26. The number of carbonyl (C=O) groups excluding carboxylic acids is 4. The Kier molecular flexibility index (Phi) is 11.4. The minimum atomic E-state index is -4.61. The Labute approximate surface area is 301 Å². The molecule has 5 rings (SSSR count). The van der Waals surface area contributed by atoms with E-state index >= 15 is 0 Å². The molecule has 0 aliphatic carbocycles. The second-order valence-electron chi connectivity index (χ2n) is 12.8. The van der Waals surface area contributed by atoms with Gasteiger partial charge in [-0.2, -0.15) is 0 Å². The van der Waals surface area contributed by atoms with Gasteiger partial charge in [-0.25, -0.2) is 13.2 Å². The van der Waals surface area contributed by atoms with Crippen LogP contribution in [-0.4, -0.2) is 48.9 Å². The van der Waals surface area contributed by atoms with Crippen molar-refractivity contribution < 1.29 is 36.9 Å². The minimum absolute atomic E-state index is 0.254. The van der Waals surface area contributed by atoms with E-state index in [0.29, 0.717) is 63.9 Å². The van der Waals surface area contributed by atoms with E-state index in [9.17, 15) is 32.1 Å². The third kappa shape index (κ3) is 10.0. The van der Waals surface area contributed by atoms with Crippen molar-refractivity contribution in [3.63, 3.8) is 0 Å². The summed E-state index contributed by atoms with van der Waals surface area (Å²) in [6, 6.07) is 28.9. The molecule has 52 heavy (non-hydrogen) atoms. The van der Waals surface area contributed by atoms with Crippen molar-refractivity contribution in [3.8, 4) is 0 Å². The minimum Gasteiger partial charge on any atom is -0.744 e. The van der Waals surface area contributed by atoms with E-state index in [0.717, 1.165) is 5.56 Å². The first-order chi connectivity index (χ1) is 24.7. The molecule has 0 heterocycles. The van der Waals surface area contributed by atoms with Gasteiger partial charge in [-0.15, -0.1) is 0 Å². The zero-order chi connectivity index (χ0) is 37.5. The predicted molar refractivity (Wildman–Crippen MR) is 198 cm³/mol. The standard InChI is InChI=1S/C39H38N4O8S/c1-39(2,3)51-38(47)43-31-22-16-28(17-23-31)37(46)42-30-20-14-27(15-21-30)36(45)41-29-18-12-26(13-19-29)35(44)40-24-6-8-25-7-4-10-33-32(25)9-5-11-34(33)52(48,49)50/h4-5,7,9-23H,6,8,24H2,1-3H3,(H,40,44)(H,41,45)(H,42,46)(H,43,47)(H,48,49,50)/p-1. The van der Waals surface area contributed by atoms with E-state index in [2.05, 4.69) is 21.3 Å². The zero-order valence-electron chi connectivity index (χ0n) is 28.7. The van der Waals surface area contributed by atoms with Crippen LogP contribution in [0, 0.1) is 0 Å². The van der Waals surface area contributed by atoms with E-state index in [1.807, 2.05) is 6.07 Å². The summed E-state index contributed by atoms with van der Waals surface area (Å²) in [4.78, 5) is 50.0. The highest BCUT2D eigenvalue weighted by Gasteiger charge is 2.17. The van der Waals surface area contributed by atoms with E-state index in [1.54, 1.807) is 118 Å². The molecule has 5 aromatic carbocycles. The van der Waals surface area contributed by atoms with Gasteiger partial charge in [0.1, 0.15) is 15.7 Å². The molecule has 0 fully saturated rings. The molecule has 0 aliphatic heterocycles. The Morgan fingerprint density at radius 3 is 1.58 bits per heavy atom. The second-order valence-corrected chi connectivity index (χ2v) is 14.2. The Morgan fingerprint density at radius 1 is 0.615 bits per heavy atom. The first-order valence-electron chi connectivity index (χ1n) is 16.3. The van der Waals surface area contributed by atoms with Gasteiger partial charge in [0.2, 0.25) is 0 Å². The highest BCUT2D eigenvalue weighted by atomic mass is 32.2. The van der Waals surface area contributed by atoms with E-state index in [4.69, 9.17) is 4.74 Å². The Hall–Kier alpha value is -6.05. The van der Waals surface area contributed by atoms with Crippen LogP contribution in [0.25, 0.3) is 10.8 Å². The van der Waals surface area contributed by atoms with Crippen molar-refractivity contribution in [3.05, 3.63) is 131 Å². The number of nitrogens with one attached hydrogen (secondary N) is 4. The number of benzene rings is 5. The second kappa shape index (κ2) is 15.9. The molecule has 0 aliphatic rings. The van der Waals surface area contributed by atoms with Gasteiger partial charge in [-0.05, 0) is 129 Å². The number of anilines is 3. The van der Waals surface area contributed by atoms with Gasteiger partial charge in [0.15, 0.2) is 0 Å². The van der Waals surface area contributed by atoms with Gasteiger partial charge in [0.05, 0.1) is 4.90 Å². The summed E-state index contributed by atoms with van der Waals surface area (Å²) in [7, 11) is -4.61. The van der Waals surface area contributed by atoms with Crippen LogP contribution in [0.1, 0.15) is 63.8 Å². The maximum Gasteiger partial charge on any atom is 0.412 e. The summed E-state index contributed by atoms with van der Waals surface area (Å²) in [6.07, 6.45) is 0.542. The molecule has 0 unspecified atom stereocenters. The van der Waals surface area contributed by atoms with Crippen LogP contribution in [0.3, 0.4) is 0 Å². The predicted octanol–water partition coefficient (Wildman–Crippen LogP) is 6.96. The summed E-state index contributed by atoms with van der Waals surface area (Å²) >= 11 is 0. The van der Waals surface area contributed by atoms with Crippen LogP contribution in [0.2, 0.25) is 0 Å². The number of hydrogen-bond donors (Lipinski definition) is 4. The summed E-state index contributed by atoms with van der Waals surface area (Å²) < 4.78 is 40.2. The molecule has 0 spiro atoms. The Bertz CT molecular complexity index is 2210. The maximum absolute atomic E-state index is 12.9. The summed E-state index contributed by atoms with van der Waals surface area (Å²) in [6.45, 7) is 5.65. The molecule has 0 bridgehead atoms. The molecule has 0 radical (unpaired) electrons. The number of hydrogen-bond acceptors (Lipinski definition) is 8. The average molecular weight is 722 g/mol. The molecular weight excluding hydrogens is 685 g/mol. The zero-order valence-corrected chi connectivity index (χ0v) is 29.5. The lowest BCUT2D eigenvalue weighted by Gasteiger charge is -2.19. The summed E-state index contributed by atoms with van der Waals surface area (Å²) in [5.74, 6) is -1.04. The number of aryl methyl sites for hydroxylation is 1. The van der Waals surface area contributed by atoms with Crippen molar-refractivity contribution >= 4 is 61.8 Å². The molecule has 13 heteroatoms. The van der Waals surface area contributed by atoms with Crippen molar-refractivity contribution in [2.24, 2.45) is 0 Å². The largest absolute Gasteiger partial charge is 0.744 e. The lowest BCUT2D eigenvalue weighted by atomic mass is 10.0. The monoisotopic (exact) mass is 721 g/mol.